The first kappa shape index (κ1) is 9.61. The van der Waals surface area contributed by atoms with Crippen molar-refractivity contribution in [2.75, 3.05) is 6.54 Å². The average molecular weight is 185 g/mol. The Morgan fingerprint density at radius 3 is 2.75 bits per heavy atom. The molecule has 0 radical (unpaired) electrons. The zero-order valence-electron chi connectivity index (χ0n) is 7.79. The topological polar surface area (TPSA) is 37.8 Å². The summed E-state index contributed by atoms with van der Waals surface area (Å²) in [6, 6.07) is 0.344. The summed E-state index contributed by atoms with van der Waals surface area (Å²) < 4.78 is 0. The molecule has 0 aromatic carbocycles. The highest BCUT2D eigenvalue weighted by molar-refractivity contribution is 7.11. The SMILES string of the molecule is CCCNC(C)c1nnc(C)s1. The van der Waals surface area contributed by atoms with Crippen molar-refractivity contribution >= 4 is 11.3 Å². The Kier molecular flexibility index (Phi) is 3.62. The third-order valence-corrected chi connectivity index (χ3v) is 2.63. The van der Waals surface area contributed by atoms with Crippen LogP contribution in [0, 0.1) is 6.92 Å². The van der Waals surface area contributed by atoms with Crippen LogP contribution in [0.2, 0.25) is 0 Å². The molecule has 1 atom stereocenters. The molecular formula is C8H15N3S. The molecule has 0 saturated carbocycles. The van der Waals surface area contributed by atoms with Crippen LogP contribution >= 0.6 is 11.3 Å². The Morgan fingerprint density at radius 1 is 1.50 bits per heavy atom. The van der Waals surface area contributed by atoms with Crippen molar-refractivity contribution in [1.29, 1.82) is 0 Å². The van der Waals surface area contributed by atoms with Gasteiger partial charge in [0, 0.05) is 0 Å². The lowest BCUT2D eigenvalue weighted by Crippen LogP contribution is -2.18. The maximum Gasteiger partial charge on any atom is 0.134 e. The van der Waals surface area contributed by atoms with Gasteiger partial charge >= 0.3 is 0 Å². The van der Waals surface area contributed by atoms with Crippen molar-refractivity contribution in [2.45, 2.75) is 33.2 Å². The van der Waals surface area contributed by atoms with E-state index in [4.69, 9.17) is 0 Å². The van der Waals surface area contributed by atoms with Crippen LogP contribution in [0.25, 0.3) is 0 Å². The van der Waals surface area contributed by atoms with Crippen LogP contribution in [-0.4, -0.2) is 16.7 Å². The molecule has 1 heterocycles. The van der Waals surface area contributed by atoms with Gasteiger partial charge in [-0.3, -0.25) is 0 Å². The van der Waals surface area contributed by atoms with Gasteiger partial charge in [0.05, 0.1) is 6.04 Å². The minimum absolute atomic E-state index is 0.344. The Balaban J connectivity index is 2.47. The zero-order chi connectivity index (χ0) is 8.97. The molecular weight excluding hydrogens is 170 g/mol. The zero-order valence-corrected chi connectivity index (χ0v) is 8.61. The van der Waals surface area contributed by atoms with Gasteiger partial charge in [-0.2, -0.15) is 0 Å². The summed E-state index contributed by atoms with van der Waals surface area (Å²) >= 11 is 1.66. The largest absolute Gasteiger partial charge is 0.308 e. The summed E-state index contributed by atoms with van der Waals surface area (Å²) in [5.74, 6) is 0. The van der Waals surface area contributed by atoms with Gasteiger partial charge in [0.2, 0.25) is 0 Å². The van der Waals surface area contributed by atoms with Gasteiger partial charge < -0.3 is 5.32 Å². The average Bonchev–Trinajstić information content (AvgIpc) is 2.47. The predicted molar refractivity (Wildman–Crippen MR) is 51.4 cm³/mol. The number of nitrogens with zero attached hydrogens (tertiary/aromatic N) is 2. The number of aromatic nitrogens is 2. The number of nitrogens with one attached hydrogen (secondary N) is 1. The van der Waals surface area contributed by atoms with E-state index in [-0.39, 0.29) is 0 Å². The maximum atomic E-state index is 4.07. The van der Waals surface area contributed by atoms with Crippen LogP contribution < -0.4 is 5.32 Å². The smallest absolute Gasteiger partial charge is 0.134 e. The van der Waals surface area contributed by atoms with E-state index >= 15 is 0 Å². The predicted octanol–water partition coefficient (Wildman–Crippen LogP) is 1.91. The van der Waals surface area contributed by atoms with E-state index in [1.807, 2.05) is 6.92 Å². The van der Waals surface area contributed by atoms with E-state index in [2.05, 4.69) is 29.4 Å². The lowest BCUT2D eigenvalue weighted by molar-refractivity contribution is 0.564. The molecule has 0 spiro atoms. The van der Waals surface area contributed by atoms with E-state index < -0.39 is 0 Å². The fourth-order valence-corrected chi connectivity index (χ4v) is 1.66. The summed E-state index contributed by atoms with van der Waals surface area (Å²) in [7, 11) is 0. The summed E-state index contributed by atoms with van der Waals surface area (Å²) in [5, 5.41) is 13.5. The second kappa shape index (κ2) is 4.52. The minimum Gasteiger partial charge on any atom is -0.308 e. The Bertz CT molecular complexity index is 234. The van der Waals surface area contributed by atoms with Crippen LogP contribution in [0.15, 0.2) is 0 Å². The third kappa shape index (κ3) is 2.53. The number of rotatable bonds is 4. The van der Waals surface area contributed by atoms with Crippen molar-refractivity contribution in [3.63, 3.8) is 0 Å². The molecule has 1 unspecified atom stereocenters. The molecule has 3 nitrogen and oxygen atoms in total. The summed E-state index contributed by atoms with van der Waals surface area (Å²) in [6.07, 6.45) is 1.15. The Hall–Kier alpha value is -0.480. The van der Waals surface area contributed by atoms with Crippen LogP contribution in [0.3, 0.4) is 0 Å². The van der Waals surface area contributed by atoms with Gasteiger partial charge in [0.25, 0.3) is 0 Å². The second-order valence-electron chi connectivity index (χ2n) is 2.84. The molecule has 0 bridgehead atoms. The van der Waals surface area contributed by atoms with Crippen molar-refractivity contribution in [3.8, 4) is 0 Å². The first-order valence-electron chi connectivity index (χ1n) is 4.27. The van der Waals surface area contributed by atoms with Gasteiger partial charge in [-0.1, -0.05) is 6.92 Å². The van der Waals surface area contributed by atoms with Crippen LogP contribution in [0.4, 0.5) is 0 Å². The van der Waals surface area contributed by atoms with Gasteiger partial charge in [0.15, 0.2) is 0 Å². The molecule has 1 aromatic heterocycles. The molecule has 68 valence electrons. The maximum absolute atomic E-state index is 4.07. The normalized spacial score (nSPS) is 13.2. The molecule has 1 N–H and O–H groups in total. The molecule has 0 aliphatic heterocycles. The molecule has 0 saturated heterocycles. The first-order chi connectivity index (χ1) is 5.74. The van der Waals surface area contributed by atoms with Crippen LogP contribution in [0.5, 0.6) is 0 Å². The molecule has 0 amide bonds. The summed E-state index contributed by atoms with van der Waals surface area (Å²) in [6.45, 7) is 7.30. The molecule has 0 fully saturated rings. The van der Waals surface area contributed by atoms with E-state index in [0.717, 1.165) is 23.0 Å². The number of hydrogen-bond acceptors (Lipinski definition) is 4. The van der Waals surface area contributed by atoms with E-state index in [0.29, 0.717) is 6.04 Å². The monoisotopic (exact) mass is 185 g/mol. The van der Waals surface area contributed by atoms with Gasteiger partial charge in [-0.25, -0.2) is 0 Å². The Labute approximate surface area is 77.2 Å². The minimum atomic E-state index is 0.344. The van der Waals surface area contributed by atoms with Crippen molar-refractivity contribution < 1.29 is 0 Å². The van der Waals surface area contributed by atoms with Gasteiger partial charge in [-0.15, -0.1) is 21.5 Å². The molecule has 0 aliphatic carbocycles. The fraction of sp³-hybridized carbons (Fsp3) is 0.750. The van der Waals surface area contributed by atoms with Gasteiger partial charge in [-0.05, 0) is 26.8 Å². The van der Waals surface area contributed by atoms with E-state index in [1.54, 1.807) is 11.3 Å². The van der Waals surface area contributed by atoms with Gasteiger partial charge in [0.1, 0.15) is 10.0 Å². The summed E-state index contributed by atoms with van der Waals surface area (Å²) in [5.41, 5.74) is 0. The molecule has 0 aliphatic rings. The highest BCUT2D eigenvalue weighted by atomic mass is 32.1. The third-order valence-electron chi connectivity index (χ3n) is 1.61. The van der Waals surface area contributed by atoms with E-state index in [9.17, 15) is 0 Å². The number of aryl methyl sites for hydroxylation is 1. The first-order valence-corrected chi connectivity index (χ1v) is 5.09. The molecule has 1 aromatic rings. The van der Waals surface area contributed by atoms with E-state index in [1.165, 1.54) is 0 Å². The van der Waals surface area contributed by atoms with Crippen LogP contribution in [0.1, 0.15) is 36.3 Å². The molecule has 12 heavy (non-hydrogen) atoms. The van der Waals surface area contributed by atoms with Crippen molar-refractivity contribution in [2.24, 2.45) is 0 Å². The summed E-state index contributed by atoms with van der Waals surface area (Å²) in [4.78, 5) is 0. The molecule has 1 rings (SSSR count). The fourth-order valence-electron chi connectivity index (χ4n) is 0.935. The standard InChI is InChI=1S/C8H15N3S/c1-4-5-9-6(2)8-11-10-7(3)12-8/h6,9H,4-5H2,1-3H3. The Morgan fingerprint density at radius 2 is 2.25 bits per heavy atom. The highest BCUT2D eigenvalue weighted by Gasteiger charge is 2.08. The lowest BCUT2D eigenvalue weighted by Gasteiger charge is -2.07. The lowest BCUT2D eigenvalue weighted by atomic mass is 10.3. The number of hydrogen-bond donors (Lipinski definition) is 1. The quantitative estimate of drug-likeness (QED) is 0.778. The van der Waals surface area contributed by atoms with Crippen molar-refractivity contribution in [1.82, 2.24) is 15.5 Å². The van der Waals surface area contributed by atoms with Crippen molar-refractivity contribution in [3.05, 3.63) is 10.0 Å². The van der Waals surface area contributed by atoms with Crippen LogP contribution in [-0.2, 0) is 0 Å². The second-order valence-corrected chi connectivity index (χ2v) is 4.05. The molecule has 4 heteroatoms. The highest BCUT2D eigenvalue weighted by Crippen LogP contribution is 2.16.